The molecule has 2 rings (SSSR count). The fraction of sp³-hybridized carbons (Fsp3) is 0.600. The zero-order chi connectivity index (χ0) is 14.8. The standard InChI is InChI=1S/C15H24N2O2S/c1-11-6-7-12(2)15(9-11)20(18,19)17-13(3)14-5-4-8-16-10-14/h6-7,9,13-14,16-17H,4-5,8,10H2,1-3H3. The molecule has 1 saturated heterocycles. The van der Waals surface area contributed by atoms with E-state index in [0.717, 1.165) is 37.1 Å². The molecule has 1 aliphatic rings. The highest BCUT2D eigenvalue weighted by Crippen LogP contribution is 2.20. The van der Waals surface area contributed by atoms with E-state index in [4.69, 9.17) is 0 Å². The Morgan fingerprint density at radius 1 is 1.35 bits per heavy atom. The Hall–Kier alpha value is -0.910. The van der Waals surface area contributed by atoms with Gasteiger partial charge in [0.2, 0.25) is 10.0 Å². The summed E-state index contributed by atoms with van der Waals surface area (Å²) in [5.41, 5.74) is 1.75. The normalized spacial score (nSPS) is 21.6. The van der Waals surface area contributed by atoms with E-state index in [-0.39, 0.29) is 6.04 Å². The molecule has 0 aliphatic carbocycles. The molecule has 0 aromatic heterocycles. The van der Waals surface area contributed by atoms with Gasteiger partial charge in [0.25, 0.3) is 0 Å². The maximum Gasteiger partial charge on any atom is 0.241 e. The third-order valence-corrected chi connectivity index (χ3v) is 5.72. The van der Waals surface area contributed by atoms with Gasteiger partial charge in [-0.1, -0.05) is 12.1 Å². The van der Waals surface area contributed by atoms with Gasteiger partial charge in [0.15, 0.2) is 0 Å². The van der Waals surface area contributed by atoms with Gasteiger partial charge in [-0.25, -0.2) is 13.1 Å². The van der Waals surface area contributed by atoms with Crippen molar-refractivity contribution >= 4 is 10.0 Å². The van der Waals surface area contributed by atoms with Gasteiger partial charge < -0.3 is 5.32 Å². The Morgan fingerprint density at radius 3 is 2.75 bits per heavy atom. The number of hydrogen-bond acceptors (Lipinski definition) is 3. The summed E-state index contributed by atoms with van der Waals surface area (Å²) in [5.74, 6) is 0.364. The molecule has 1 aliphatic heterocycles. The second-order valence-corrected chi connectivity index (χ2v) is 7.47. The van der Waals surface area contributed by atoms with Crippen LogP contribution in [-0.2, 0) is 10.0 Å². The summed E-state index contributed by atoms with van der Waals surface area (Å²) in [6, 6.07) is 5.48. The fourth-order valence-electron chi connectivity index (χ4n) is 2.71. The van der Waals surface area contributed by atoms with Crippen molar-refractivity contribution in [3.8, 4) is 0 Å². The Balaban J connectivity index is 2.16. The van der Waals surface area contributed by atoms with Crippen LogP contribution in [0.1, 0.15) is 30.9 Å². The summed E-state index contributed by atoms with van der Waals surface area (Å²) in [6.07, 6.45) is 2.18. The maximum absolute atomic E-state index is 12.5. The van der Waals surface area contributed by atoms with Crippen molar-refractivity contribution < 1.29 is 8.42 Å². The third kappa shape index (κ3) is 3.59. The van der Waals surface area contributed by atoms with Crippen LogP contribution >= 0.6 is 0 Å². The minimum absolute atomic E-state index is 0.0484. The molecule has 2 atom stereocenters. The molecule has 2 unspecified atom stereocenters. The van der Waals surface area contributed by atoms with Crippen molar-refractivity contribution in [3.63, 3.8) is 0 Å². The van der Waals surface area contributed by atoms with Crippen LogP contribution in [0, 0.1) is 19.8 Å². The van der Waals surface area contributed by atoms with E-state index in [1.54, 1.807) is 6.07 Å². The van der Waals surface area contributed by atoms with Crippen LogP contribution in [0.5, 0.6) is 0 Å². The molecule has 1 fully saturated rings. The number of benzene rings is 1. The second kappa shape index (κ2) is 6.24. The Labute approximate surface area is 122 Å². The number of aryl methyl sites for hydroxylation is 2. The molecule has 4 nitrogen and oxygen atoms in total. The predicted molar refractivity (Wildman–Crippen MR) is 81.3 cm³/mol. The topological polar surface area (TPSA) is 58.2 Å². The molecule has 1 aromatic carbocycles. The van der Waals surface area contributed by atoms with Crippen molar-refractivity contribution in [2.75, 3.05) is 13.1 Å². The van der Waals surface area contributed by atoms with Crippen LogP contribution in [0.4, 0.5) is 0 Å². The Kier molecular flexibility index (Phi) is 4.83. The molecule has 0 bridgehead atoms. The Bertz CT molecular complexity index is 563. The van der Waals surface area contributed by atoms with E-state index >= 15 is 0 Å². The predicted octanol–water partition coefficient (Wildman–Crippen LogP) is 1.97. The third-order valence-electron chi connectivity index (χ3n) is 4.02. The minimum atomic E-state index is -3.44. The lowest BCUT2D eigenvalue weighted by Gasteiger charge is -2.29. The van der Waals surface area contributed by atoms with E-state index in [9.17, 15) is 8.42 Å². The quantitative estimate of drug-likeness (QED) is 0.893. The SMILES string of the molecule is Cc1ccc(C)c(S(=O)(=O)NC(C)C2CCCNC2)c1. The first kappa shape index (κ1) is 15.5. The van der Waals surface area contributed by atoms with Crippen molar-refractivity contribution in [1.82, 2.24) is 10.0 Å². The number of piperidine rings is 1. The zero-order valence-electron chi connectivity index (χ0n) is 12.4. The second-order valence-electron chi connectivity index (χ2n) is 5.79. The summed E-state index contributed by atoms with van der Waals surface area (Å²) in [7, 11) is -3.44. The van der Waals surface area contributed by atoms with Gasteiger partial charge in [-0.3, -0.25) is 0 Å². The lowest BCUT2D eigenvalue weighted by molar-refractivity contribution is 0.320. The van der Waals surface area contributed by atoms with E-state index in [1.807, 2.05) is 32.9 Å². The van der Waals surface area contributed by atoms with Crippen LogP contribution in [0.15, 0.2) is 23.1 Å². The van der Waals surface area contributed by atoms with Gasteiger partial charge in [0, 0.05) is 6.04 Å². The van der Waals surface area contributed by atoms with Gasteiger partial charge in [-0.05, 0) is 69.8 Å². The molecular formula is C15H24N2O2S. The van der Waals surface area contributed by atoms with Crippen LogP contribution in [-0.4, -0.2) is 27.5 Å². The van der Waals surface area contributed by atoms with Crippen molar-refractivity contribution in [1.29, 1.82) is 0 Å². The van der Waals surface area contributed by atoms with E-state index in [2.05, 4.69) is 10.0 Å². The Morgan fingerprint density at radius 2 is 2.10 bits per heavy atom. The number of sulfonamides is 1. The van der Waals surface area contributed by atoms with E-state index < -0.39 is 10.0 Å². The first-order valence-corrected chi connectivity index (χ1v) is 8.69. The molecule has 0 amide bonds. The van der Waals surface area contributed by atoms with Crippen molar-refractivity contribution in [2.24, 2.45) is 5.92 Å². The highest BCUT2D eigenvalue weighted by Gasteiger charge is 2.25. The van der Waals surface area contributed by atoms with Gasteiger partial charge in [0.05, 0.1) is 4.90 Å². The number of hydrogen-bond donors (Lipinski definition) is 2. The average molecular weight is 296 g/mol. The molecular weight excluding hydrogens is 272 g/mol. The molecule has 2 N–H and O–H groups in total. The molecule has 1 aromatic rings. The molecule has 20 heavy (non-hydrogen) atoms. The van der Waals surface area contributed by atoms with E-state index in [0.29, 0.717) is 10.8 Å². The number of nitrogens with one attached hydrogen (secondary N) is 2. The molecule has 1 heterocycles. The number of rotatable bonds is 4. The molecule has 112 valence electrons. The van der Waals surface area contributed by atoms with Crippen LogP contribution in [0.2, 0.25) is 0 Å². The lowest BCUT2D eigenvalue weighted by Crippen LogP contribution is -2.44. The first-order chi connectivity index (χ1) is 9.40. The molecule has 5 heteroatoms. The summed E-state index contributed by atoms with van der Waals surface area (Å²) in [6.45, 7) is 7.62. The first-order valence-electron chi connectivity index (χ1n) is 7.20. The summed E-state index contributed by atoms with van der Waals surface area (Å²) < 4.78 is 27.9. The summed E-state index contributed by atoms with van der Waals surface area (Å²) in [4.78, 5) is 0.396. The smallest absolute Gasteiger partial charge is 0.241 e. The lowest BCUT2D eigenvalue weighted by atomic mass is 9.94. The van der Waals surface area contributed by atoms with Crippen molar-refractivity contribution in [3.05, 3.63) is 29.3 Å². The zero-order valence-corrected chi connectivity index (χ0v) is 13.3. The average Bonchev–Trinajstić information content (AvgIpc) is 2.42. The van der Waals surface area contributed by atoms with Crippen LogP contribution in [0.3, 0.4) is 0 Å². The summed E-state index contributed by atoms with van der Waals surface area (Å²) >= 11 is 0. The van der Waals surface area contributed by atoms with Gasteiger partial charge in [-0.15, -0.1) is 0 Å². The van der Waals surface area contributed by atoms with Crippen LogP contribution in [0.25, 0.3) is 0 Å². The van der Waals surface area contributed by atoms with Crippen LogP contribution < -0.4 is 10.0 Å². The maximum atomic E-state index is 12.5. The highest BCUT2D eigenvalue weighted by atomic mass is 32.2. The van der Waals surface area contributed by atoms with Gasteiger partial charge >= 0.3 is 0 Å². The van der Waals surface area contributed by atoms with Gasteiger partial charge in [-0.2, -0.15) is 0 Å². The minimum Gasteiger partial charge on any atom is -0.316 e. The monoisotopic (exact) mass is 296 g/mol. The fourth-order valence-corrected chi connectivity index (χ4v) is 4.35. The molecule has 0 radical (unpaired) electrons. The summed E-state index contributed by atoms with van der Waals surface area (Å²) in [5, 5.41) is 3.33. The molecule has 0 saturated carbocycles. The largest absolute Gasteiger partial charge is 0.316 e. The molecule has 0 spiro atoms. The van der Waals surface area contributed by atoms with Crippen molar-refractivity contribution in [2.45, 2.75) is 44.6 Å². The van der Waals surface area contributed by atoms with Gasteiger partial charge in [0.1, 0.15) is 0 Å². The highest BCUT2D eigenvalue weighted by molar-refractivity contribution is 7.89. The van der Waals surface area contributed by atoms with E-state index in [1.165, 1.54) is 0 Å².